The summed E-state index contributed by atoms with van der Waals surface area (Å²) in [6, 6.07) is 0. The lowest BCUT2D eigenvalue weighted by atomic mass is 9.83. The summed E-state index contributed by atoms with van der Waals surface area (Å²) in [6.45, 7) is 6.00. The zero-order valence-corrected chi connectivity index (χ0v) is 11.3. The fourth-order valence-electron chi connectivity index (χ4n) is 3.92. The molecule has 0 aromatic carbocycles. The van der Waals surface area contributed by atoms with E-state index in [1.165, 1.54) is 11.1 Å². The van der Waals surface area contributed by atoms with E-state index in [1.54, 1.807) is 6.92 Å². The lowest BCUT2D eigenvalue weighted by molar-refractivity contribution is -0.147. The second-order valence-corrected chi connectivity index (χ2v) is 6.16. The van der Waals surface area contributed by atoms with Crippen LogP contribution >= 0.6 is 0 Å². The second-order valence-electron chi connectivity index (χ2n) is 6.16. The molecule has 1 fully saturated rings. The molecule has 2 heterocycles. The van der Waals surface area contributed by atoms with Gasteiger partial charge >= 0.3 is 5.97 Å². The SMILES string of the molecule is CC1=C[C@@H]2O[C@]23C1=CC1=C(C)C(=O)O[C@@]1(N)C[C@@H]3C. The Bertz CT molecular complexity index is 615. The van der Waals surface area contributed by atoms with Crippen LogP contribution in [0, 0.1) is 5.92 Å². The molecule has 1 spiro atoms. The maximum absolute atomic E-state index is 11.8. The minimum Gasteiger partial charge on any atom is -0.436 e. The highest BCUT2D eigenvalue weighted by Crippen LogP contribution is 2.60. The van der Waals surface area contributed by atoms with Crippen molar-refractivity contribution in [2.24, 2.45) is 11.7 Å². The number of nitrogens with two attached hydrogens (primary N) is 1. The first kappa shape index (κ1) is 11.4. The number of rotatable bonds is 0. The Morgan fingerprint density at radius 1 is 1.42 bits per heavy atom. The molecule has 1 saturated heterocycles. The maximum Gasteiger partial charge on any atom is 0.336 e. The number of fused-ring (bicyclic) bond motifs is 1. The summed E-state index contributed by atoms with van der Waals surface area (Å²) in [4.78, 5) is 11.8. The van der Waals surface area contributed by atoms with Crippen molar-refractivity contribution in [1.29, 1.82) is 0 Å². The van der Waals surface area contributed by atoms with E-state index in [2.05, 4.69) is 19.9 Å². The molecule has 0 radical (unpaired) electrons. The Balaban J connectivity index is 1.95. The molecule has 2 aliphatic heterocycles. The fraction of sp³-hybridized carbons (Fsp3) is 0.533. The Morgan fingerprint density at radius 3 is 2.89 bits per heavy atom. The van der Waals surface area contributed by atoms with Crippen LogP contribution in [0.2, 0.25) is 0 Å². The normalized spacial score (nSPS) is 46.8. The lowest BCUT2D eigenvalue weighted by Crippen LogP contribution is -2.44. The number of hydrogen-bond donors (Lipinski definition) is 1. The van der Waals surface area contributed by atoms with Crippen molar-refractivity contribution < 1.29 is 14.3 Å². The van der Waals surface area contributed by atoms with Crippen LogP contribution in [0.4, 0.5) is 0 Å². The number of epoxide rings is 1. The fourth-order valence-corrected chi connectivity index (χ4v) is 3.92. The molecule has 0 amide bonds. The van der Waals surface area contributed by atoms with Crippen LogP contribution in [-0.2, 0) is 14.3 Å². The molecule has 0 unspecified atom stereocenters. The van der Waals surface area contributed by atoms with Crippen molar-refractivity contribution in [2.45, 2.75) is 44.6 Å². The molecule has 0 aromatic heterocycles. The highest BCUT2D eigenvalue weighted by Gasteiger charge is 2.67. The van der Waals surface area contributed by atoms with E-state index >= 15 is 0 Å². The van der Waals surface area contributed by atoms with Crippen LogP contribution in [0.3, 0.4) is 0 Å². The minimum absolute atomic E-state index is 0.174. The Labute approximate surface area is 111 Å². The molecule has 0 saturated carbocycles. The smallest absolute Gasteiger partial charge is 0.336 e. The Hall–Kier alpha value is -1.39. The minimum atomic E-state index is -0.983. The average Bonchev–Trinajstić information content (AvgIpc) is 2.92. The van der Waals surface area contributed by atoms with E-state index in [1.807, 2.05) is 6.08 Å². The van der Waals surface area contributed by atoms with E-state index in [9.17, 15) is 4.79 Å². The van der Waals surface area contributed by atoms with E-state index in [0.717, 1.165) is 5.57 Å². The lowest BCUT2D eigenvalue weighted by Gasteiger charge is -2.27. The molecule has 100 valence electrons. The average molecular weight is 259 g/mol. The summed E-state index contributed by atoms with van der Waals surface area (Å²) in [5.41, 5.74) is 8.98. The highest BCUT2D eigenvalue weighted by atomic mass is 16.6. The zero-order valence-electron chi connectivity index (χ0n) is 11.3. The molecule has 4 aliphatic rings. The third-order valence-electron chi connectivity index (χ3n) is 5.01. The van der Waals surface area contributed by atoms with Crippen molar-refractivity contribution in [3.05, 3.63) is 34.4 Å². The molecule has 4 atom stereocenters. The summed E-state index contributed by atoms with van der Waals surface area (Å²) in [5.74, 6) is -0.0796. The molecule has 4 rings (SSSR count). The summed E-state index contributed by atoms with van der Waals surface area (Å²) < 4.78 is 11.3. The van der Waals surface area contributed by atoms with E-state index < -0.39 is 5.72 Å². The van der Waals surface area contributed by atoms with E-state index in [-0.39, 0.29) is 23.6 Å². The van der Waals surface area contributed by atoms with Gasteiger partial charge in [0, 0.05) is 17.6 Å². The van der Waals surface area contributed by atoms with Crippen LogP contribution in [0.15, 0.2) is 34.4 Å². The van der Waals surface area contributed by atoms with Crippen molar-refractivity contribution in [3.8, 4) is 0 Å². The van der Waals surface area contributed by atoms with Gasteiger partial charge in [-0.05, 0) is 43.1 Å². The quantitative estimate of drug-likeness (QED) is 0.530. The van der Waals surface area contributed by atoms with Gasteiger partial charge in [0.15, 0.2) is 5.72 Å². The van der Waals surface area contributed by atoms with Crippen molar-refractivity contribution >= 4 is 5.97 Å². The van der Waals surface area contributed by atoms with Gasteiger partial charge in [0.05, 0.1) is 0 Å². The first-order chi connectivity index (χ1) is 8.88. The van der Waals surface area contributed by atoms with Crippen LogP contribution in [0.1, 0.15) is 27.2 Å². The van der Waals surface area contributed by atoms with Gasteiger partial charge in [-0.1, -0.05) is 6.92 Å². The first-order valence-electron chi connectivity index (χ1n) is 6.71. The highest BCUT2D eigenvalue weighted by molar-refractivity contribution is 5.93. The molecular formula is C15H17NO3. The summed E-state index contributed by atoms with van der Waals surface area (Å²) >= 11 is 0. The molecule has 2 aliphatic carbocycles. The molecular weight excluding hydrogens is 242 g/mol. The Kier molecular flexibility index (Phi) is 1.82. The van der Waals surface area contributed by atoms with E-state index in [4.69, 9.17) is 15.2 Å². The summed E-state index contributed by atoms with van der Waals surface area (Å²) in [7, 11) is 0. The predicted octanol–water partition coefficient (Wildman–Crippen LogP) is 1.58. The molecule has 0 aromatic rings. The topological polar surface area (TPSA) is 64.8 Å². The standard InChI is InChI=1S/C15H17NO3/c1-7-4-12-15(18-12)8(2)6-14(16)11(5-10(7)15)9(3)13(17)19-14/h4-5,8,12H,6,16H2,1-3H3/t8-,12-,14-,15+/m0/s1. The second kappa shape index (κ2) is 3.02. The zero-order chi connectivity index (χ0) is 13.6. The van der Waals surface area contributed by atoms with Crippen LogP contribution in [0.25, 0.3) is 0 Å². The van der Waals surface area contributed by atoms with Crippen molar-refractivity contribution in [2.75, 3.05) is 0 Å². The monoisotopic (exact) mass is 259 g/mol. The molecule has 19 heavy (non-hydrogen) atoms. The third-order valence-corrected chi connectivity index (χ3v) is 5.01. The number of ether oxygens (including phenoxy) is 2. The maximum atomic E-state index is 11.8. The van der Waals surface area contributed by atoms with Gasteiger partial charge in [0.1, 0.15) is 11.7 Å². The van der Waals surface area contributed by atoms with Crippen LogP contribution < -0.4 is 5.73 Å². The van der Waals surface area contributed by atoms with Crippen LogP contribution in [-0.4, -0.2) is 23.4 Å². The van der Waals surface area contributed by atoms with Crippen molar-refractivity contribution in [3.63, 3.8) is 0 Å². The number of carbonyl (C=O) groups excluding carboxylic acids is 1. The largest absolute Gasteiger partial charge is 0.436 e. The van der Waals surface area contributed by atoms with Crippen molar-refractivity contribution in [1.82, 2.24) is 0 Å². The van der Waals surface area contributed by atoms with E-state index in [0.29, 0.717) is 12.0 Å². The van der Waals surface area contributed by atoms with Crippen LogP contribution in [0.5, 0.6) is 0 Å². The van der Waals surface area contributed by atoms with Gasteiger partial charge in [-0.2, -0.15) is 0 Å². The molecule has 4 heteroatoms. The third kappa shape index (κ3) is 1.15. The summed E-state index contributed by atoms with van der Waals surface area (Å²) in [5, 5.41) is 0. The Morgan fingerprint density at radius 2 is 2.16 bits per heavy atom. The number of carbonyl (C=O) groups is 1. The molecule has 4 nitrogen and oxygen atoms in total. The molecule has 2 N–H and O–H groups in total. The summed E-state index contributed by atoms with van der Waals surface area (Å²) in [6.07, 6.45) is 4.97. The number of esters is 1. The van der Waals surface area contributed by atoms with Gasteiger partial charge in [-0.15, -0.1) is 0 Å². The van der Waals surface area contributed by atoms with Gasteiger partial charge in [-0.25, -0.2) is 4.79 Å². The number of hydrogen-bond acceptors (Lipinski definition) is 4. The first-order valence-corrected chi connectivity index (χ1v) is 6.71. The van der Waals surface area contributed by atoms with Gasteiger partial charge in [0.25, 0.3) is 0 Å². The van der Waals surface area contributed by atoms with Gasteiger partial charge in [-0.3, -0.25) is 5.73 Å². The predicted molar refractivity (Wildman–Crippen MR) is 68.9 cm³/mol. The molecule has 0 bridgehead atoms. The van der Waals surface area contributed by atoms with Gasteiger partial charge < -0.3 is 9.47 Å². The van der Waals surface area contributed by atoms with Gasteiger partial charge in [0.2, 0.25) is 0 Å².